The Labute approximate surface area is 206 Å². The monoisotopic (exact) mass is 499 g/mol. The van der Waals surface area contributed by atoms with E-state index in [-0.39, 0.29) is 24.2 Å². The van der Waals surface area contributed by atoms with Gasteiger partial charge in [0.2, 0.25) is 5.88 Å². The average Bonchev–Trinajstić information content (AvgIpc) is 3.21. The Morgan fingerprint density at radius 3 is 2.97 bits per heavy atom. The molecule has 3 aromatic rings. The molecule has 0 radical (unpaired) electrons. The van der Waals surface area contributed by atoms with Gasteiger partial charge in [0.1, 0.15) is 5.82 Å². The number of benzene rings is 1. The van der Waals surface area contributed by atoms with Crippen LogP contribution in [0.3, 0.4) is 0 Å². The fourth-order valence-corrected chi connectivity index (χ4v) is 4.74. The van der Waals surface area contributed by atoms with Crippen LogP contribution in [-0.2, 0) is 17.8 Å². The number of hydrogen-bond acceptors (Lipinski definition) is 8. The Kier molecular flexibility index (Phi) is 6.95. The van der Waals surface area contributed by atoms with Crippen molar-refractivity contribution in [2.45, 2.75) is 19.1 Å². The highest BCUT2D eigenvalue weighted by Crippen LogP contribution is 2.32. The zero-order valence-electron chi connectivity index (χ0n) is 19.8. The number of rotatable bonds is 8. The van der Waals surface area contributed by atoms with Gasteiger partial charge in [-0.3, -0.25) is 9.78 Å². The van der Waals surface area contributed by atoms with E-state index in [0.717, 1.165) is 0 Å². The van der Waals surface area contributed by atoms with E-state index in [4.69, 9.17) is 9.47 Å². The van der Waals surface area contributed by atoms with Crippen molar-refractivity contribution in [1.29, 1.82) is 0 Å². The minimum absolute atomic E-state index is 0.0345. The molecule has 2 aromatic heterocycles. The lowest BCUT2D eigenvalue weighted by atomic mass is 10.1. The standard InChI is InChI=1S/C25H27F2N5O4/c1-35-23-3-2-19-24(31-23)16(18(27)10-29-19)4-5-32-11-15(21(33)12-32)9-28-8-14-6-17(26)25-20(7-14)30-22(34)13-36-25/h2-3,6-7,10,15,21,28,33H,4-5,8-9,11-13H2,1H3,(H,30,34)/t15-,21+/m0/s1. The topological polar surface area (TPSA) is 109 Å². The van der Waals surface area contributed by atoms with Crippen molar-refractivity contribution in [3.05, 3.63) is 53.2 Å². The molecule has 190 valence electrons. The molecule has 0 saturated carbocycles. The molecule has 0 bridgehead atoms. The van der Waals surface area contributed by atoms with E-state index in [1.807, 2.05) is 0 Å². The molecule has 1 aromatic carbocycles. The first-order chi connectivity index (χ1) is 17.4. The number of hydrogen-bond donors (Lipinski definition) is 3. The Balaban J connectivity index is 1.17. The van der Waals surface area contributed by atoms with Gasteiger partial charge in [0.25, 0.3) is 5.91 Å². The van der Waals surface area contributed by atoms with Gasteiger partial charge in [0.05, 0.1) is 36.1 Å². The smallest absolute Gasteiger partial charge is 0.262 e. The quantitative estimate of drug-likeness (QED) is 0.431. The highest BCUT2D eigenvalue weighted by molar-refractivity contribution is 5.95. The summed E-state index contributed by atoms with van der Waals surface area (Å²) < 4.78 is 39.2. The maximum absolute atomic E-state index is 14.6. The second-order valence-electron chi connectivity index (χ2n) is 9.07. The summed E-state index contributed by atoms with van der Waals surface area (Å²) in [6.07, 6.45) is 1.08. The number of aliphatic hydroxyl groups is 1. The molecular formula is C25H27F2N5O4. The van der Waals surface area contributed by atoms with Crippen LogP contribution in [0, 0.1) is 17.6 Å². The van der Waals surface area contributed by atoms with Gasteiger partial charge >= 0.3 is 0 Å². The van der Waals surface area contributed by atoms with Crippen molar-refractivity contribution in [3.63, 3.8) is 0 Å². The second kappa shape index (κ2) is 10.3. The molecule has 9 nitrogen and oxygen atoms in total. The number of aliphatic hydroxyl groups excluding tert-OH is 1. The third kappa shape index (κ3) is 5.08. The van der Waals surface area contributed by atoms with Crippen molar-refractivity contribution in [1.82, 2.24) is 20.2 Å². The van der Waals surface area contributed by atoms with Gasteiger partial charge in [0, 0.05) is 50.3 Å². The van der Waals surface area contributed by atoms with E-state index in [0.29, 0.717) is 72.9 Å². The third-order valence-electron chi connectivity index (χ3n) is 6.57. The molecule has 0 unspecified atom stereocenters. The number of amides is 1. The predicted octanol–water partition coefficient (Wildman–Crippen LogP) is 1.87. The molecule has 36 heavy (non-hydrogen) atoms. The summed E-state index contributed by atoms with van der Waals surface area (Å²) in [5.74, 6) is -0.859. The molecule has 0 spiro atoms. The minimum atomic E-state index is -0.539. The molecule has 0 aliphatic carbocycles. The molecule has 4 heterocycles. The van der Waals surface area contributed by atoms with Crippen molar-refractivity contribution in [3.8, 4) is 11.6 Å². The summed E-state index contributed by atoms with van der Waals surface area (Å²) in [6.45, 7) is 2.35. The van der Waals surface area contributed by atoms with Crippen LogP contribution in [-0.4, -0.2) is 71.9 Å². The Bertz CT molecular complexity index is 1290. The molecule has 1 fully saturated rings. The number of halogens is 2. The maximum atomic E-state index is 14.6. The number of β-amino-alcohol motifs (C(OH)–C–C–N with tert-alkyl or cyclic N) is 1. The van der Waals surface area contributed by atoms with Crippen LogP contribution < -0.4 is 20.1 Å². The van der Waals surface area contributed by atoms with Crippen molar-refractivity contribution < 1.29 is 28.2 Å². The number of nitrogens with zero attached hydrogens (tertiary/aromatic N) is 3. The first-order valence-electron chi connectivity index (χ1n) is 11.8. The van der Waals surface area contributed by atoms with E-state index >= 15 is 0 Å². The fraction of sp³-hybridized carbons (Fsp3) is 0.400. The molecular weight excluding hydrogens is 472 g/mol. The van der Waals surface area contributed by atoms with Gasteiger partial charge in [-0.25, -0.2) is 13.8 Å². The lowest BCUT2D eigenvalue weighted by Gasteiger charge is -2.20. The lowest BCUT2D eigenvalue weighted by molar-refractivity contribution is -0.118. The Hall–Kier alpha value is -3.41. The summed E-state index contributed by atoms with van der Waals surface area (Å²) in [4.78, 5) is 22.1. The van der Waals surface area contributed by atoms with Crippen LogP contribution in [0.25, 0.3) is 11.0 Å². The molecule has 2 atom stereocenters. The second-order valence-corrected chi connectivity index (χ2v) is 9.07. The first-order valence-corrected chi connectivity index (χ1v) is 11.8. The fourth-order valence-electron chi connectivity index (χ4n) is 4.74. The maximum Gasteiger partial charge on any atom is 0.262 e. The minimum Gasteiger partial charge on any atom is -0.481 e. The number of carbonyl (C=O) groups excluding carboxylic acids is 1. The summed E-state index contributed by atoms with van der Waals surface area (Å²) in [6, 6.07) is 6.49. The molecule has 2 aliphatic heterocycles. The van der Waals surface area contributed by atoms with Crippen LogP contribution in [0.15, 0.2) is 30.5 Å². The van der Waals surface area contributed by atoms with Crippen LogP contribution in [0.5, 0.6) is 11.6 Å². The average molecular weight is 500 g/mol. The van der Waals surface area contributed by atoms with Crippen molar-refractivity contribution in [2.24, 2.45) is 5.92 Å². The van der Waals surface area contributed by atoms with Gasteiger partial charge in [-0.1, -0.05) is 0 Å². The van der Waals surface area contributed by atoms with Gasteiger partial charge in [-0.2, -0.15) is 0 Å². The van der Waals surface area contributed by atoms with E-state index in [1.54, 1.807) is 18.2 Å². The molecule has 1 saturated heterocycles. The summed E-state index contributed by atoms with van der Waals surface area (Å²) in [5.41, 5.74) is 2.52. The van der Waals surface area contributed by atoms with Gasteiger partial charge in [0.15, 0.2) is 18.2 Å². The SMILES string of the molecule is COc1ccc2ncc(F)c(CCN3C[C@H](CNCc4cc(F)c5c(c4)NC(=O)CO5)[C@H](O)C3)c2n1. The van der Waals surface area contributed by atoms with Crippen molar-refractivity contribution in [2.75, 3.05) is 45.2 Å². The highest BCUT2D eigenvalue weighted by Gasteiger charge is 2.31. The Morgan fingerprint density at radius 2 is 2.14 bits per heavy atom. The number of likely N-dealkylation sites (tertiary alicyclic amines) is 1. The van der Waals surface area contributed by atoms with E-state index in [9.17, 15) is 18.7 Å². The summed E-state index contributed by atoms with van der Waals surface area (Å²) >= 11 is 0. The molecule has 5 rings (SSSR count). The highest BCUT2D eigenvalue weighted by atomic mass is 19.1. The van der Waals surface area contributed by atoms with E-state index in [1.165, 1.54) is 19.4 Å². The van der Waals surface area contributed by atoms with Gasteiger partial charge in [-0.15, -0.1) is 0 Å². The Morgan fingerprint density at radius 1 is 1.28 bits per heavy atom. The molecule has 3 N–H and O–H groups in total. The number of nitrogens with one attached hydrogen (secondary N) is 2. The van der Waals surface area contributed by atoms with Crippen LogP contribution in [0.1, 0.15) is 11.1 Å². The predicted molar refractivity (Wildman–Crippen MR) is 128 cm³/mol. The number of fused-ring (bicyclic) bond motifs is 2. The van der Waals surface area contributed by atoms with Crippen molar-refractivity contribution >= 4 is 22.6 Å². The largest absolute Gasteiger partial charge is 0.481 e. The number of pyridine rings is 2. The summed E-state index contributed by atoms with van der Waals surface area (Å²) in [7, 11) is 1.51. The summed E-state index contributed by atoms with van der Waals surface area (Å²) in [5, 5.41) is 16.4. The van der Waals surface area contributed by atoms with Gasteiger partial charge in [-0.05, 0) is 30.2 Å². The van der Waals surface area contributed by atoms with Crippen LogP contribution >= 0.6 is 0 Å². The number of aromatic nitrogens is 2. The van der Waals surface area contributed by atoms with E-state index in [2.05, 4.69) is 25.5 Å². The van der Waals surface area contributed by atoms with Crippen LogP contribution in [0.2, 0.25) is 0 Å². The molecule has 11 heteroatoms. The zero-order chi connectivity index (χ0) is 25.2. The number of carbonyl (C=O) groups is 1. The van der Waals surface area contributed by atoms with E-state index < -0.39 is 17.7 Å². The lowest BCUT2D eigenvalue weighted by Crippen LogP contribution is -2.30. The zero-order valence-corrected chi connectivity index (χ0v) is 19.8. The van der Waals surface area contributed by atoms with Gasteiger partial charge < -0.3 is 30.1 Å². The third-order valence-corrected chi connectivity index (χ3v) is 6.57. The molecule has 2 aliphatic rings. The normalized spacial score (nSPS) is 19.7. The number of anilines is 1. The number of methoxy groups -OCH3 is 1. The van der Waals surface area contributed by atoms with Crippen LogP contribution in [0.4, 0.5) is 14.5 Å². The molecule has 1 amide bonds. The first kappa shape index (κ1) is 24.3. The number of ether oxygens (including phenoxy) is 2.